The Hall–Kier alpha value is -2.93. The van der Waals surface area contributed by atoms with Crippen LogP contribution in [0.4, 0.5) is 17.1 Å². The highest BCUT2D eigenvalue weighted by Gasteiger charge is 2.38. The summed E-state index contributed by atoms with van der Waals surface area (Å²) < 4.78 is 24.9. The summed E-state index contributed by atoms with van der Waals surface area (Å²) in [5, 5.41) is 15.7. The van der Waals surface area contributed by atoms with E-state index >= 15 is 0 Å². The summed E-state index contributed by atoms with van der Waals surface area (Å²) in [7, 11) is -3.65. The highest BCUT2D eigenvalue weighted by molar-refractivity contribution is 7.54. The van der Waals surface area contributed by atoms with Crippen molar-refractivity contribution in [3.05, 3.63) is 76.3 Å². The molecule has 0 aliphatic heterocycles. The summed E-state index contributed by atoms with van der Waals surface area (Å²) in [5.74, 6) is -0.856. The molecule has 0 bridgehead atoms. The van der Waals surface area contributed by atoms with Crippen LogP contribution in [0.5, 0.6) is 0 Å². The average Bonchev–Trinajstić information content (AvgIpc) is 2.73. The molecule has 3 N–H and O–H groups in total. The molecule has 0 saturated heterocycles. The van der Waals surface area contributed by atoms with Crippen LogP contribution in [-0.4, -0.2) is 18.1 Å². The molecule has 30 heavy (non-hydrogen) atoms. The Balaban J connectivity index is 2.20. The zero-order chi connectivity index (χ0) is 21.7. The lowest BCUT2D eigenvalue weighted by Gasteiger charge is -2.29. The number of nitrogens with zero attached hydrogens (tertiary/aromatic N) is 1. The summed E-state index contributed by atoms with van der Waals surface area (Å²) in [4.78, 5) is 11.0. The number of nitrogen functional groups attached to an aromatic ring is 1. The van der Waals surface area contributed by atoms with Crippen molar-refractivity contribution in [2.75, 3.05) is 24.3 Å². The molecule has 3 aromatic carbocycles. The first kappa shape index (κ1) is 21.8. The molecule has 0 fully saturated rings. The minimum atomic E-state index is -3.65. The molecule has 3 aromatic rings. The molecule has 0 aromatic heterocycles. The van der Waals surface area contributed by atoms with Crippen molar-refractivity contribution in [3.63, 3.8) is 0 Å². The minimum absolute atomic E-state index is 0.0947. The van der Waals surface area contributed by atoms with Gasteiger partial charge in [-0.3, -0.25) is 14.7 Å². The molecule has 9 heteroatoms. The molecule has 8 nitrogen and oxygen atoms in total. The van der Waals surface area contributed by atoms with Crippen LogP contribution in [0, 0.1) is 10.1 Å². The van der Waals surface area contributed by atoms with Crippen LogP contribution in [0.2, 0.25) is 0 Å². The van der Waals surface area contributed by atoms with Crippen LogP contribution in [0.15, 0.2) is 60.7 Å². The molecule has 0 aliphatic rings. The number of nitro groups is 1. The fourth-order valence-electron chi connectivity index (χ4n) is 3.35. The molecule has 0 heterocycles. The van der Waals surface area contributed by atoms with E-state index in [-0.39, 0.29) is 24.6 Å². The maximum Gasteiger partial charge on any atom is 0.357 e. The average molecular weight is 429 g/mol. The summed E-state index contributed by atoms with van der Waals surface area (Å²) in [6.45, 7) is 3.87. The van der Waals surface area contributed by atoms with Gasteiger partial charge in [0.1, 0.15) is 0 Å². The van der Waals surface area contributed by atoms with Crippen molar-refractivity contribution in [2.45, 2.75) is 19.6 Å². The fraction of sp³-hybridized carbons (Fsp3) is 0.238. The Morgan fingerprint density at radius 3 is 2.17 bits per heavy atom. The van der Waals surface area contributed by atoms with E-state index in [9.17, 15) is 14.7 Å². The zero-order valence-electron chi connectivity index (χ0n) is 16.8. The minimum Gasteiger partial charge on any atom is -0.397 e. The molecule has 3 rings (SSSR count). The molecular weight excluding hydrogens is 405 g/mol. The highest BCUT2D eigenvalue weighted by Crippen LogP contribution is 2.61. The van der Waals surface area contributed by atoms with Gasteiger partial charge >= 0.3 is 7.60 Å². The second-order valence-corrected chi connectivity index (χ2v) is 8.61. The van der Waals surface area contributed by atoms with Crippen LogP contribution in [0.25, 0.3) is 10.8 Å². The lowest BCUT2D eigenvalue weighted by molar-refractivity contribution is -0.383. The van der Waals surface area contributed by atoms with Crippen molar-refractivity contribution in [2.24, 2.45) is 0 Å². The Bertz CT molecular complexity index is 1080. The van der Waals surface area contributed by atoms with Gasteiger partial charge in [0, 0.05) is 11.5 Å². The van der Waals surface area contributed by atoms with Crippen molar-refractivity contribution in [3.8, 4) is 0 Å². The van der Waals surface area contributed by atoms with E-state index in [2.05, 4.69) is 5.32 Å². The second kappa shape index (κ2) is 9.26. The quantitative estimate of drug-likeness (QED) is 0.194. The molecule has 0 saturated carbocycles. The first-order valence-corrected chi connectivity index (χ1v) is 11.2. The lowest BCUT2D eigenvalue weighted by Crippen LogP contribution is -2.16. The summed E-state index contributed by atoms with van der Waals surface area (Å²) >= 11 is 0. The number of anilines is 2. The smallest absolute Gasteiger partial charge is 0.357 e. The molecule has 158 valence electrons. The van der Waals surface area contributed by atoms with Crippen LogP contribution in [-0.2, 0) is 13.6 Å². The zero-order valence-corrected chi connectivity index (χ0v) is 17.7. The van der Waals surface area contributed by atoms with Gasteiger partial charge in [0.25, 0.3) is 5.69 Å². The van der Waals surface area contributed by atoms with E-state index in [0.29, 0.717) is 22.0 Å². The Morgan fingerprint density at radius 2 is 1.60 bits per heavy atom. The van der Waals surface area contributed by atoms with E-state index in [1.54, 1.807) is 38.1 Å². The summed E-state index contributed by atoms with van der Waals surface area (Å²) in [6.07, 6.45) is 0. The Morgan fingerprint density at radius 1 is 1.03 bits per heavy atom. The van der Waals surface area contributed by atoms with E-state index in [1.165, 1.54) is 6.07 Å². The van der Waals surface area contributed by atoms with Gasteiger partial charge in [-0.1, -0.05) is 48.5 Å². The van der Waals surface area contributed by atoms with Gasteiger partial charge in [-0.05, 0) is 25.5 Å². The molecule has 0 amide bonds. The Kier molecular flexibility index (Phi) is 6.72. The first-order valence-electron chi connectivity index (χ1n) is 9.57. The SMILES string of the molecule is CCOP(=O)(OCC)C(Nc1c(N)cc([N+](=O)[O-])c2ccccc12)c1ccccc1. The van der Waals surface area contributed by atoms with Crippen molar-refractivity contribution < 1.29 is 18.5 Å². The molecule has 1 unspecified atom stereocenters. The van der Waals surface area contributed by atoms with Crippen LogP contribution in [0.1, 0.15) is 25.2 Å². The van der Waals surface area contributed by atoms with E-state index in [0.717, 1.165) is 0 Å². The van der Waals surface area contributed by atoms with Crippen LogP contribution < -0.4 is 11.1 Å². The topological polar surface area (TPSA) is 117 Å². The van der Waals surface area contributed by atoms with Crippen molar-refractivity contribution in [1.29, 1.82) is 0 Å². The normalized spacial score (nSPS) is 12.6. The van der Waals surface area contributed by atoms with E-state index in [1.807, 2.05) is 30.3 Å². The number of nitro benzene ring substituents is 1. The van der Waals surface area contributed by atoms with Gasteiger partial charge in [0.05, 0.1) is 34.9 Å². The number of nitrogens with one attached hydrogen (secondary N) is 1. The number of fused-ring (bicyclic) bond motifs is 1. The third-order valence-electron chi connectivity index (χ3n) is 4.58. The standard InChI is InChI=1S/C21H24N3O5P/c1-3-28-30(27,29-4-2)21(15-10-6-5-7-11-15)23-20-17-13-9-8-12-16(17)19(24(25)26)14-18(20)22/h5-14,21,23H,3-4,22H2,1-2H3. The van der Waals surface area contributed by atoms with Gasteiger partial charge in [-0.2, -0.15) is 0 Å². The third-order valence-corrected chi connectivity index (χ3v) is 6.88. The predicted octanol–water partition coefficient (Wildman–Crippen LogP) is 5.71. The highest BCUT2D eigenvalue weighted by atomic mass is 31.2. The van der Waals surface area contributed by atoms with Gasteiger partial charge < -0.3 is 20.1 Å². The van der Waals surface area contributed by atoms with Crippen molar-refractivity contribution >= 4 is 35.4 Å². The van der Waals surface area contributed by atoms with Crippen molar-refractivity contribution in [1.82, 2.24) is 0 Å². The Labute approximate surface area is 174 Å². The summed E-state index contributed by atoms with van der Waals surface area (Å²) in [6, 6.07) is 17.3. The molecule has 0 spiro atoms. The maximum absolute atomic E-state index is 13.7. The lowest BCUT2D eigenvalue weighted by atomic mass is 10.0. The molecule has 0 radical (unpaired) electrons. The maximum atomic E-state index is 13.7. The third kappa shape index (κ3) is 4.31. The number of benzene rings is 3. The fourth-order valence-corrected chi connectivity index (χ4v) is 5.27. The number of non-ortho nitro benzene ring substituents is 1. The number of rotatable bonds is 9. The van der Waals surface area contributed by atoms with Gasteiger partial charge in [0.15, 0.2) is 5.78 Å². The number of hydrogen-bond donors (Lipinski definition) is 2. The predicted molar refractivity (Wildman–Crippen MR) is 119 cm³/mol. The van der Waals surface area contributed by atoms with Gasteiger partial charge in [0.2, 0.25) is 0 Å². The molecule has 1 atom stereocenters. The summed E-state index contributed by atoms with van der Waals surface area (Å²) in [5.41, 5.74) is 7.40. The number of nitrogens with two attached hydrogens (primary N) is 1. The number of hydrogen-bond acceptors (Lipinski definition) is 7. The molecule has 0 aliphatic carbocycles. The monoisotopic (exact) mass is 429 g/mol. The molecular formula is C21H24N3O5P. The first-order chi connectivity index (χ1) is 14.4. The van der Waals surface area contributed by atoms with Crippen LogP contribution in [0.3, 0.4) is 0 Å². The van der Waals surface area contributed by atoms with E-state index < -0.39 is 18.3 Å². The van der Waals surface area contributed by atoms with Gasteiger partial charge in [-0.25, -0.2) is 0 Å². The second-order valence-electron chi connectivity index (χ2n) is 6.50. The van der Waals surface area contributed by atoms with E-state index in [4.69, 9.17) is 14.8 Å². The van der Waals surface area contributed by atoms with Crippen LogP contribution >= 0.6 is 7.60 Å². The largest absolute Gasteiger partial charge is 0.397 e. The van der Waals surface area contributed by atoms with Gasteiger partial charge in [-0.15, -0.1) is 0 Å².